The Hall–Kier alpha value is -4.43. The van der Waals surface area contributed by atoms with E-state index in [9.17, 15) is 28.8 Å². The largest absolute Gasteiger partial charge is 0.462 e. The highest BCUT2D eigenvalue weighted by Gasteiger charge is 2.40. The van der Waals surface area contributed by atoms with Gasteiger partial charge in [0.2, 0.25) is 11.9 Å². The fourth-order valence-corrected chi connectivity index (χ4v) is 2.90. The van der Waals surface area contributed by atoms with E-state index in [-0.39, 0.29) is 22.8 Å². The molecule has 2 heterocycles. The van der Waals surface area contributed by atoms with Gasteiger partial charge in [0.1, 0.15) is 12.3 Å². The second kappa shape index (κ2) is 11.6. The number of ether oxygens (including phenoxy) is 4. The highest BCUT2D eigenvalue weighted by Crippen LogP contribution is 2.27. The van der Waals surface area contributed by atoms with Gasteiger partial charge in [0.05, 0.1) is 6.20 Å². The summed E-state index contributed by atoms with van der Waals surface area (Å²) in [4.78, 5) is 84.9. The van der Waals surface area contributed by atoms with E-state index in [1.54, 1.807) is 0 Å². The Morgan fingerprint density at radius 1 is 0.914 bits per heavy atom. The topological polar surface area (TPSA) is 206 Å². The molecule has 0 saturated heterocycles. The van der Waals surface area contributed by atoms with Crippen LogP contribution in [-0.4, -0.2) is 68.5 Å². The summed E-state index contributed by atoms with van der Waals surface area (Å²) < 4.78 is 20.6. The van der Waals surface area contributed by atoms with Crippen molar-refractivity contribution in [1.29, 1.82) is 0 Å². The van der Waals surface area contributed by atoms with Gasteiger partial charge in [-0.25, -0.2) is 9.97 Å². The predicted octanol–water partition coefficient (Wildman–Crippen LogP) is -0.298. The Labute approximate surface area is 197 Å². The van der Waals surface area contributed by atoms with Crippen molar-refractivity contribution in [2.75, 3.05) is 11.9 Å². The first kappa shape index (κ1) is 26.8. The summed E-state index contributed by atoms with van der Waals surface area (Å²) in [7, 11) is 0. The number of H-pyrrole nitrogens is 1. The summed E-state index contributed by atoms with van der Waals surface area (Å²) in [5, 5.41) is 2.31. The van der Waals surface area contributed by atoms with Crippen molar-refractivity contribution >= 4 is 46.9 Å². The number of hydrogen-bond donors (Lipinski definition) is 2. The van der Waals surface area contributed by atoms with Gasteiger partial charge >= 0.3 is 23.9 Å². The molecule has 2 N–H and O–H groups in total. The van der Waals surface area contributed by atoms with E-state index in [1.165, 1.54) is 6.92 Å². The summed E-state index contributed by atoms with van der Waals surface area (Å²) in [5.41, 5.74) is -1.39. The lowest BCUT2D eigenvalue weighted by Gasteiger charge is -2.31. The summed E-state index contributed by atoms with van der Waals surface area (Å²) in [6, 6.07) is 0. The van der Waals surface area contributed by atoms with Crippen molar-refractivity contribution in [1.82, 2.24) is 19.9 Å². The minimum atomic E-state index is -1.54. The van der Waals surface area contributed by atoms with Crippen LogP contribution in [0.4, 0.5) is 5.95 Å². The highest BCUT2D eigenvalue weighted by atomic mass is 16.6. The van der Waals surface area contributed by atoms with Crippen molar-refractivity contribution in [2.24, 2.45) is 0 Å². The number of hydrogen-bond acceptors (Lipinski definition) is 13. The van der Waals surface area contributed by atoms with Crippen LogP contribution in [0.1, 0.15) is 46.4 Å². The van der Waals surface area contributed by atoms with Crippen LogP contribution in [0.5, 0.6) is 0 Å². The summed E-state index contributed by atoms with van der Waals surface area (Å²) in [5.74, 6) is -3.86. The van der Waals surface area contributed by atoms with Crippen LogP contribution >= 0.6 is 0 Å². The maximum absolute atomic E-state index is 12.5. The van der Waals surface area contributed by atoms with Gasteiger partial charge in [0.15, 0.2) is 29.5 Å². The number of rotatable bonds is 9. The number of esters is 4. The van der Waals surface area contributed by atoms with Gasteiger partial charge in [-0.3, -0.25) is 39.1 Å². The molecule has 0 fully saturated rings. The van der Waals surface area contributed by atoms with E-state index >= 15 is 0 Å². The van der Waals surface area contributed by atoms with Crippen molar-refractivity contribution in [3.8, 4) is 0 Å². The fourth-order valence-electron chi connectivity index (χ4n) is 2.90. The first-order valence-corrected chi connectivity index (χ1v) is 10.1. The molecule has 2 aromatic heterocycles. The number of carbonyl (C=O) groups excluding carboxylic acids is 5. The number of anilines is 1. The fraction of sp³-hybridized carbons (Fsp3) is 0.450. The standard InChI is InChI=1S/C20H23N5O10/c1-8(26)22-20-24-18-15(19(31)25-20)23-13(6-21-18)16(34-11(4)29)17(35-12(5)30)14(33-10(3)28)7-32-9(2)27/h6,14,16-17H,7H2,1-5H3,(H2,21,22,24,25,26,31)/t14-,16-,17-/m1/s1. The Morgan fingerprint density at radius 3 is 2.09 bits per heavy atom. The first-order valence-electron chi connectivity index (χ1n) is 10.1. The van der Waals surface area contributed by atoms with Gasteiger partial charge in [-0.05, 0) is 0 Å². The number of nitrogens with one attached hydrogen (secondary N) is 2. The van der Waals surface area contributed by atoms with E-state index in [2.05, 4.69) is 25.3 Å². The van der Waals surface area contributed by atoms with E-state index in [0.29, 0.717) is 0 Å². The van der Waals surface area contributed by atoms with Gasteiger partial charge < -0.3 is 18.9 Å². The lowest BCUT2D eigenvalue weighted by atomic mass is 10.0. The molecule has 0 aliphatic rings. The van der Waals surface area contributed by atoms with Gasteiger partial charge in [0.25, 0.3) is 5.56 Å². The summed E-state index contributed by atoms with van der Waals surface area (Å²) in [6.07, 6.45) is -3.41. The SMILES string of the molecule is CC(=O)Nc1nc2ncc([C@@H](OC(C)=O)[C@H](OC(C)=O)[C@@H](COC(C)=O)OC(C)=O)nc2c(=O)[nH]1. The number of aromatic nitrogens is 4. The van der Waals surface area contributed by atoms with Crippen LogP contribution in [-0.2, 0) is 42.9 Å². The summed E-state index contributed by atoms with van der Waals surface area (Å²) >= 11 is 0. The molecule has 0 unspecified atom stereocenters. The molecule has 188 valence electrons. The molecule has 0 spiro atoms. The first-order chi connectivity index (χ1) is 16.4. The number of carbonyl (C=O) groups is 5. The Kier molecular flexibility index (Phi) is 8.91. The average molecular weight is 493 g/mol. The molecule has 15 nitrogen and oxygen atoms in total. The molecule has 3 atom stereocenters. The normalized spacial score (nSPS) is 13.2. The van der Waals surface area contributed by atoms with E-state index in [1.807, 2.05) is 0 Å². The molecule has 0 radical (unpaired) electrons. The monoisotopic (exact) mass is 493 g/mol. The van der Waals surface area contributed by atoms with E-state index in [4.69, 9.17) is 18.9 Å². The van der Waals surface area contributed by atoms with Crippen LogP contribution < -0.4 is 10.9 Å². The quantitative estimate of drug-likeness (QED) is 0.340. The third-order valence-electron chi connectivity index (χ3n) is 4.05. The maximum atomic E-state index is 12.5. The average Bonchev–Trinajstić information content (AvgIpc) is 2.72. The molecule has 35 heavy (non-hydrogen) atoms. The smallest absolute Gasteiger partial charge is 0.303 e. The minimum absolute atomic E-state index is 0.150. The Bertz CT molecular complexity index is 1210. The molecule has 15 heteroatoms. The molecule has 1 amide bonds. The number of nitrogens with zero attached hydrogens (tertiary/aromatic N) is 3. The molecule has 0 bridgehead atoms. The molecular formula is C20H23N5O10. The lowest BCUT2D eigenvalue weighted by molar-refractivity contribution is -0.190. The zero-order valence-corrected chi connectivity index (χ0v) is 19.4. The van der Waals surface area contributed by atoms with Gasteiger partial charge in [-0.2, -0.15) is 4.98 Å². The van der Waals surface area contributed by atoms with Crippen LogP contribution in [0.3, 0.4) is 0 Å². The Balaban J connectivity index is 2.62. The van der Waals surface area contributed by atoms with Crippen molar-refractivity contribution in [3.05, 3.63) is 22.2 Å². The number of fused-ring (bicyclic) bond motifs is 1. The minimum Gasteiger partial charge on any atom is -0.462 e. The van der Waals surface area contributed by atoms with Crippen LogP contribution in [0.2, 0.25) is 0 Å². The van der Waals surface area contributed by atoms with Crippen LogP contribution in [0, 0.1) is 0 Å². The zero-order valence-electron chi connectivity index (χ0n) is 19.4. The number of amides is 1. The van der Waals surface area contributed by atoms with Crippen molar-refractivity contribution in [2.45, 2.75) is 52.9 Å². The van der Waals surface area contributed by atoms with Gasteiger partial charge in [-0.1, -0.05) is 0 Å². The van der Waals surface area contributed by atoms with Crippen molar-refractivity contribution < 1.29 is 42.9 Å². The number of aromatic amines is 1. The predicted molar refractivity (Wildman–Crippen MR) is 115 cm³/mol. The second-order valence-corrected chi connectivity index (χ2v) is 7.12. The lowest BCUT2D eigenvalue weighted by Crippen LogP contribution is -2.44. The van der Waals surface area contributed by atoms with Crippen molar-refractivity contribution in [3.63, 3.8) is 0 Å². The summed E-state index contributed by atoms with van der Waals surface area (Å²) in [6.45, 7) is 4.96. The molecule has 0 saturated carbocycles. The Morgan fingerprint density at radius 2 is 1.54 bits per heavy atom. The molecule has 0 aromatic carbocycles. The highest BCUT2D eigenvalue weighted by molar-refractivity contribution is 5.87. The van der Waals surface area contributed by atoms with Gasteiger partial charge in [-0.15, -0.1) is 0 Å². The van der Waals surface area contributed by atoms with Gasteiger partial charge in [0, 0.05) is 34.6 Å². The molecule has 2 aromatic rings. The third kappa shape index (κ3) is 7.83. The second-order valence-electron chi connectivity index (χ2n) is 7.12. The molecule has 2 rings (SSSR count). The third-order valence-corrected chi connectivity index (χ3v) is 4.05. The molecule has 0 aliphatic heterocycles. The van der Waals surface area contributed by atoms with E-state index in [0.717, 1.165) is 33.9 Å². The molecular weight excluding hydrogens is 470 g/mol. The van der Waals surface area contributed by atoms with Crippen LogP contribution in [0.25, 0.3) is 11.2 Å². The van der Waals surface area contributed by atoms with Crippen LogP contribution in [0.15, 0.2) is 11.0 Å². The maximum Gasteiger partial charge on any atom is 0.303 e. The van der Waals surface area contributed by atoms with E-state index < -0.39 is 60.3 Å². The zero-order chi connectivity index (χ0) is 26.3. The molecule has 0 aliphatic carbocycles.